The average Bonchev–Trinajstić information content (AvgIpc) is 3.59. The summed E-state index contributed by atoms with van der Waals surface area (Å²) in [6, 6.07) is 5.07. The number of hydrazone groups is 1. The first kappa shape index (κ1) is 26.2. The van der Waals surface area contributed by atoms with Crippen molar-refractivity contribution in [3.8, 4) is 23.0 Å². The lowest BCUT2D eigenvalue weighted by atomic mass is 9.96. The van der Waals surface area contributed by atoms with Gasteiger partial charge >= 0.3 is 5.97 Å². The number of nitrogens with zero attached hydrogens (tertiary/aromatic N) is 3. The van der Waals surface area contributed by atoms with Gasteiger partial charge in [0.2, 0.25) is 18.3 Å². The largest absolute Gasteiger partial charge is 0.492 e. The summed E-state index contributed by atoms with van der Waals surface area (Å²) in [6.07, 6.45) is 1.23. The third-order valence-corrected chi connectivity index (χ3v) is 5.65. The van der Waals surface area contributed by atoms with Crippen LogP contribution >= 0.6 is 0 Å². The van der Waals surface area contributed by atoms with Crippen molar-refractivity contribution in [1.82, 2.24) is 5.43 Å². The number of hydrogen-bond acceptors (Lipinski definition) is 12. The Morgan fingerprint density at radius 1 is 1.18 bits per heavy atom. The number of carbonyl (C=O) groups is 2. The van der Waals surface area contributed by atoms with E-state index in [0.29, 0.717) is 34.1 Å². The number of ether oxygens (including phenoxy) is 5. The van der Waals surface area contributed by atoms with Crippen LogP contribution < -0.4 is 24.4 Å². The highest BCUT2D eigenvalue weighted by Gasteiger charge is 2.34. The van der Waals surface area contributed by atoms with Crippen LogP contribution in [0.15, 0.2) is 34.5 Å². The van der Waals surface area contributed by atoms with E-state index in [1.165, 1.54) is 44.7 Å². The Kier molecular flexibility index (Phi) is 7.89. The number of non-ortho nitro benzene ring substituents is 1. The molecule has 14 heteroatoms. The number of carbonyl (C=O) groups excluding carboxylic acids is 2. The second-order valence-corrected chi connectivity index (χ2v) is 7.92. The summed E-state index contributed by atoms with van der Waals surface area (Å²) in [5.74, 6) is 0.0989. The topological polar surface area (TPSA) is 169 Å². The second-order valence-electron chi connectivity index (χ2n) is 7.92. The third-order valence-electron chi connectivity index (χ3n) is 5.65. The Bertz CT molecular complexity index is 1310. The molecule has 2 aliphatic heterocycles. The normalized spacial score (nSPS) is 15.6. The number of rotatable bonds is 10. The average molecular weight is 528 g/mol. The van der Waals surface area contributed by atoms with Crippen LogP contribution in [-0.2, 0) is 20.8 Å². The zero-order valence-corrected chi connectivity index (χ0v) is 20.7. The molecule has 1 atom stereocenters. The number of esters is 1. The zero-order valence-electron chi connectivity index (χ0n) is 20.7. The fourth-order valence-corrected chi connectivity index (χ4v) is 3.94. The zero-order chi connectivity index (χ0) is 27.2. The van der Waals surface area contributed by atoms with Crippen LogP contribution in [0.25, 0.3) is 0 Å². The van der Waals surface area contributed by atoms with E-state index in [9.17, 15) is 19.7 Å². The smallest absolute Gasteiger partial charge is 0.356 e. The molecule has 1 N–H and O–H groups in total. The number of nitro groups is 1. The van der Waals surface area contributed by atoms with Gasteiger partial charge in [-0.2, -0.15) is 5.10 Å². The highest BCUT2D eigenvalue weighted by molar-refractivity contribution is 6.36. The molecule has 0 spiro atoms. The highest BCUT2D eigenvalue weighted by Crippen LogP contribution is 2.52. The lowest BCUT2D eigenvalue weighted by Gasteiger charge is -2.19. The third kappa shape index (κ3) is 5.28. The number of nitro benzene ring substituents is 1. The van der Waals surface area contributed by atoms with Gasteiger partial charge in [-0.05, 0) is 19.1 Å². The van der Waals surface area contributed by atoms with Crippen molar-refractivity contribution in [2.75, 3.05) is 27.6 Å². The lowest BCUT2D eigenvalue weighted by molar-refractivity contribution is -0.384. The van der Waals surface area contributed by atoms with Gasteiger partial charge in [0.25, 0.3) is 11.6 Å². The molecule has 0 bridgehead atoms. The maximum absolute atomic E-state index is 12.5. The van der Waals surface area contributed by atoms with E-state index in [1.54, 1.807) is 6.92 Å². The van der Waals surface area contributed by atoms with Crippen LogP contribution in [-0.4, -0.2) is 62.4 Å². The minimum atomic E-state index is -0.585. The van der Waals surface area contributed by atoms with Gasteiger partial charge in [-0.1, -0.05) is 5.16 Å². The molecule has 0 unspecified atom stereocenters. The first-order valence-corrected chi connectivity index (χ1v) is 11.4. The molecule has 2 heterocycles. The molecular formula is C24H24N4O10. The Labute approximate surface area is 216 Å². The highest BCUT2D eigenvalue weighted by atomic mass is 16.7. The maximum atomic E-state index is 12.5. The molecule has 0 saturated heterocycles. The van der Waals surface area contributed by atoms with Gasteiger partial charge in [0.1, 0.15) is 6.10 Å². The molecule has 0 fully saturated rings. The summed E-state index contributed by atoms with van der Waals surface area (Å²) in [5, 5.41) is 18.7. The van der Waals surface area contributed by atoms with E-state index in [-0.39, 0.29) is 43.2 Å². The molecule has 0 radical (unpaired) electrons. The molecule has 38 heavy (non-hydrogen) atoms. The van der Waals surface area contributed by atoms with Crippen LogP contribution in [0.5, 0.6) is 23.0 Å². The van der Waals surface area contributed by atoms with E-state index in [2.05, 4.69) is 15.7 Å². The Hall–Kier alpha value is -4.88. The van der Waals surface area contributed by atoms with Crippen molar-refractivity contribution in [2.24, 2.45) is 10.3 Å². The summed E-state index contributed by atoms with van der Waals surface area (Å²) in [7, 11) is 2.91. The molecule has 200 valence electrons. The van der Waals surface area contributed by atoms with Gasteiger partial charge in [-0.3, -0.25) is 14.9 Å². The minimum Gasteiger partial charge on any atom is -0.492 e. The Morgan fingerprint density at radius 2 is 1.89 bits per heavy atom. The number of hydrogen-bond donors (Lipinski definition) is 1. The molecule has 2 aromatic carbocycles. The summed E-state index contributed by atoms with van der Waals surface area (Å²) >= 11 is 0. The first-order chi connectivity index (χ1) is 18.4. The molecule has 0 aromatic heterocycles. The van der Waals surface area contributed by atoms with Crippen molar-refractivity contribution in [3.63, 3.8) is 0 Å². The van der Waals surface area contributed by atoms with Gasteiger partial charge in [-0.25, -0.2) is 10.2 Å². The summed E-state index contributed by atoms with van der Waals surface area (Å²) in [5.41, 5.74) is 3.55. The fraction of sp³-hybridized carbons (Fsp3) is 0.333. The van der Waals surface area contributed by atoms with Crippen LogP contribution in [0.2, 0.25) is 0 Å². The number of oxime groups is 1. The molecular weight excluding hydrogens is 504 g/mol. The summed E-state index contributed by atoms with van der Waals surface area (Å²) in [6.45, 7) is 1.83. The van der Waals surface area contributed by atoms with Crippen molar-refractivity contribution in [2.45, 2.75) is 25.9 Å². The van der Waals surface area contributed by atoms with E-state index in [1.807, 2.05) is 0 Å². The molecule has 4 rings (SSSR count). The van der Waals surface area contributed by atoms with E-state index in [0.717, 1.165) is 0 Å². The van der Waals surface area contributed by atoms with Crippen LogP contribution in [0.1, 0.15) is 34.8 Å². The van der Waals surface area contributed by atoms with Crippen molar-refractivity contribution < 1.29 is 43.0 Å². The molecule has 2 aromatic rings. The summed E-state index contributed by atoms with van der Waals surface area (Å²) < 4.78 is 27.4. The minimum absolute atomic E-state index is 0.0790. The van der Waals surface area contributed by atoms with Crippen LogP contribution in [0, 0.1) is 10.1 Å². The first-order valence-electron chi connectivity index (χ1n) is 11.4. The van der Waals surface area contributed by atoms with Gasteiger partial charge < -0.3 is 28.5 Å². The van der Waals surface area contributed by atoms with Crippen molar-refractivity contribution in [3.05, 3.63) is 51.1 Å². The number of amides is 1. The molecule has 2 aliphatic rings. The predicted octanol–water partition coefficient (Wildman–Crippen LogP) is 2.36. The summed E-state index contributed by atoms with van der Waals surface area (Å²) in [4.78, 5) is 40.3. The number of benzene rings is 2. The van der Waals surface area contributed by atoms with Crippen molar-refractivity contribution in [1.29, 1.82) is 0 Å². The molecule has 0 saturated carbocycles. The van der Waals surface area contributed by atoms with Gasteiger partial charge in [0.15, 0.2) is 17.2 Å². The monoisotopic (exact) mass is 528 g/mol. The van der Waals surface area contributed by atoms with Gasteiger partial charge in [-0.15, -0.1) is 0 Å². The van der Waals surface area contributed by atoms with Crippen LogP contribution in [0.4, 0.5) is 5.69 Å². The quantitative estimate of drug-likeness (QED) is 0.209. The van der Waals surface area contributed by atoms with Crippen molar-refractivity contribution >= 4 is 29.5 Å². The van der Waals surface area contributed by atoms with E-state index in [4.69, 9.17) is 28.5 Å². The number of nitrogens with one attached hydrogen (secondary N) is 1. The standard InChI is InChI=1S/C24H24N4O10/c1-4-35-24(30)18-10-15(38-27-18)9-16-17(20-22(37-12-36-20)21(34-3)19(16)33-2)11-25-26-23(29)13-5-7-14(8-6-13)28(31)32/h5-8,11,15H,4,9-10,12H2,1-3H3,(H,26,29)/b25-11+/t15-/m0/s1. The predicted molar refractivity (Wildman–Crippen MR) is 131 cm³/mol. The molecule has 1 amide bonds. The molecule has 0 aliphatic carbocycles. The fourth-order valence-electron chi connectivity index (χ4n) is 3.94. The van der Waals surface area contributed by atoms with E-state index >= 15 is 0 Å². The van der Waals surface area contributed by atoms with E-state index < -0.39 is 22.9 Å². The van der Waals surface area contributed by atoms with Crippen LogP contribution in [0.3, 0.4) is 0 Å². The second kappa shape index (κ2) is 11.5. The van der Waals surface area contributed by atoms with Gasteiger partial charge in [0, 0.05) is 41.7 Å². The SMILES string of the molecule is CCOC(=O)C1=NO[C@@H](Cc2c(/C=N/NC(=O)c3ccc([N+](=O)[O-])cc3)c3c(c(OC)c2OC)OCO3)C1. The Balaban J connectivity index is 1.61. The van der Waals surface area contributed by atoms with Gasteiger partial charge in [0.05, 0.1) is 32.0 Å². The lowest BCUT2D eigenvalue weighted by Crippen LogP contribution is -2.20. The number of fused-ring (bicyclic) bond motifs is 1. The Morgan fingerprint density at radius 3 is 2.55 bits per heavy atom. The maximum Gasteiger partial charge on any atom is 0.356 e. The molecule has 14 nitrogen and oxygen atoms in total. The number of methoxy groups -OCH3 is 2.